The average molecular weight is 736 g/mol. The molecule has 5 atom stereocenters. The molecule has 0 fully saturated rings. The van der Waals surface area contributed by atoms with E-state index in [0.29, 0.717) is 23.8 Å². The van der Waals surface area contributed by atoms with Crippen LogP contribution >= 0.6 is 0 Å². The lowest BCUT2D eigenvalue weighted by atomic mass is 9.69. The van der Waals surface area contributed by atoms with Gasteiger partial charge in [-0.2, -0.15) is 0 Å². The Morgan fingerprint density at radius 1 is 0.750 bits per heavy atom. The number of rotatable bonds is 6. The number of allylic oxidation sites excluding steroid dienone is 14. The lowest BCUT2D eigenvalue weighted by Crippen LogP contribution is -2.43. The zero-order chi connectivity index (χ0) is 37.0. The van der Waals surface area contributed by atoms with E-state index < -0.39 is 0 Å². The SMILES string of the molecule is C1=CCCC(C2=CC(C3=CCCCC3)NC(N3C4=C(C5C=CC=CC53)C(C3C=Cc5c(c6c(n5-c5cccc(C7=CCCCC7)c5)CCC=C6)C3)CCC4)=C2)=C1. The van der Waals surface area contributed by atoms with Gasteiger partial charge in [-0.05, 0) is 183 Å². The molecular weight excluding hydrogens is 679 g/mol. The topological polar surface area (TPSA) is 20.2 Å². The summed E-state index contributed by atoms with van der Waals surface area (Å²) < 4.78 is 2.64. The van der Waals surface area contributed by atoms with Crippen molar-refractivity contribution in [1.29, 1.82) is 0 Å². The van der Waals surface area contributed by atoms with Gasteiger partial charge in [-0.15, -0.1) is 0 Å². The summed E-state index contributed by atoms with van der Waals surface area (Å²) >= 11 is 0. The van der Waals surface area contributed by atoms with Crippen molar-refractivity contribution in [2.24, 2.45) is 17.8 Å². The van der Waals surface area contributed by atoms with Gasteiger partial charge in [-0.1, -0.05) is 91.1 Å². The summed E-state index contributed by atoms with van der Waals surface area (Å²) in [6.45, 7) is 0. The van der Waals surface area contributed by atoms with Gasteiger partial charge in [0.15, 0.2) is 0 Å². The van der Waals surface area contributed by atoms with Gasteiger partial charge in [0.2, 0.25) is 0 Å². The van der Waals surface area contributed by atoms with Crippen LogP contribution in [0.5, 0.6) is 0 Å². The highest BCUT2D eigenvalue weighted by Crippen LogP contribution is 2.53. The maximum absolute atomic E-state index is 4.16. The van der Waals surface area contributed by atoms with E-state index in [9.17, 15) is 0 Å². The van der Waals surface area contributed by atoms with Gasteiger partial charge in [-0.25, -0.2) is 0 Å². The molecule has 0 saturated heterocycles. The molecule has 0 amide bonds. The minimum atomic E-state index is 0.269. The van der Waals surface area contributed by atoms with E-state index in [1.165, 1.54) is 121 Å². The van der Waals surface area contributed by atoms with Crippen molar-refractivity contribution >= 4 is 17.7 Å². The number of benzene rings is 1. The van der Waals surface area contributed by atoms with E-state index in [1.807, 2.05) is 0 Å². The minimum Gasteiger partial charge on any atom is -0.361 e. The number of nitrogens with zero attached hydrogens (tertiary/aromatic N) is 2. The van der Waals surface area contributed by atoms with Gasteiger partial charge in [0.1, 0.15) is 5.82 Å². The van der Waals surface area contributed by atoms with E-state index in [4.69, 9.17) is 0 Å². The first-order valence-electron chi connectivity index (χ1n) is 22.3. The predicted octanol–water partition coefficient (Wildman–Crippen LogP) is 12.6. The van der Waals surface area contributed by atoms with Crippen LogP contribution in [0.15, 0.2) is 137 Å². The van der Waals surface area contributed by atoms with Crippen LogP contribution < -0.4 is 5.32 Å². The van der Waals surface area contributed by atoms with Crippen LogP contribution in [0.2, 0.25) is 0 Å². The van der Waals surface area contributed by atoms with Crippen molar-refractivity contribution in [3.8, 4) is 5.69 Å². The minimum absolute atomic E-state index is 0.269. The summed E-state index contributed by atoms with van der Waals surface area (Å²) in [4.78, 5) is 2.78. The second kappa shape index (κ2) is 14.6. The van der Waals surface area contributed by atoms with Crippen molar-refractivity contribution in [3.05, 3.63) is 165 Å². The van der Waals surface area contributed by atoms with Gasteiger partial charge in [-0.3, -0.25) is 0 Å². The number of nitrogens with one attached hydrogen (secondary N) is 1. The summed E-state index contributed by atoms with van der Waals surface area (Å²) in [6.07, 6.45) is 56.2. The van der Waals surface area contributed by atoms with Crippen LogP contribution in [0, 0.1) is 17.8 Å². The molecule has 0 spiro atoms. The second-order valence-electron chi connectivity index (χ2n) is 17.8. The Morgan fingerprint density at radius 3 is 2.54 bits per heavy atom. The molecule has 284 valence electrons. The van der Waals surface area contributed by atoms with Gasteiger partial charge in [0.25, 0.3) is 0 Å². The van der Waals surface area contributed by atoms with Crippen molar-refractivity contribution in [1.82, 2.24) is 14.8 Å². The predicted molar refractivity (Wildman–Crippen MR) is 234 cm³/mol. The molecule has 1 aromatic heterocycles. The van der Waals surface area contributed by atoms with Gasteiger partial charge < -0.3 is 14.8 Å². The Morgan fingerprint density at radius 2 is 1.66 bits per heavy atom. The largest absolute Gasteiger partial charge is 0.361 e. The summed E-state index contributed by atoms with van der Waals surface area (Å²) in [7, 11) is 0. The molecule has 5 unspecified atom stereocenters. The third-order valence-corrected chi connectivity index (χ3v) is 14.5. The van der Waals surface area contributed by atoms with Crippen molar-refractivity contribution in [2.75, 3.05) is 0 Å². The Kier molecular flexibility index (Phi) is 9.01. The van der Waals surface area contributed by atoms with Gasteiger partial charge in [0, 0.05) is 28.7 Å². The second-order valence-corrected chi connectivity index (χ2v) is 17.8. The van der Waals surface area contributed by atoms with Crippen LogP contribution in [-0.4, -0.2) is 21.6 Å². The van der Waals surface area contributed by atoms with E-state index in [0.717, 1.165) is 32.1 Å². The molecule has 3 nitrogen and oxygen atoms in total. The molecule has 2 aromatic rings. The monoisotopic (exact) mass is 735 g/mol. The molecule has 1 N–H and O–H groups in total. The fourth-order valence-electron chi connectivity index (χ4n) is 11.9. The maximum Gasteiger partial charge on any atom is 0.107 e. The zero-order valence-electron chi connectivity index (χ0n) is 33.1. The molecule has 1 aromatic carbocycles. The zero-order valence-corrected chi connectivity index (χ0v) is 33.1. The van der Waals surface area contributed by atoms with Crippen LogP contribution in [-0.2, 0) is 12.8 Å². The molecule has 3 heterocycles. The van der Waals surface area contributed by atoms with E-state index in [2.05, 4.69) is 130 Å². The molecule has 0 saturated carbocycles. The van der Waals surface area contributed by atoms with Crippen molar-refractivity contribution < 1.29 is 0 Å². The lowest BCUT2D eigenvalue weighted by Gasteiger charge is -2.38. The fourth-order valence-corrected chi connectivity index (χ4v) is 11.9. The van der Waals surface area contributed by atoms with Crippen LogP contribution in [0.3, 0.4) is 0 Å². The number of hydrogen-bond acceptors (Lipinski definition) is 2. The maximum atomic E-state index is 4.16. The molecule has 7 aliphatic carbocycles. The highest BCUT2D eigenvalue weighted by Gasteiger charge is 2.47. The summed E-state index contributed by atoms with van der Waals surface area (Å²) in [5.74, 6) is 2.79. The average Bonchev–Trinajstić information content (AvgIpc) is 3.80. The quantitative estimate of drug-likeness (QED) is 0.298. The van der Waals surface area contributed by atoms with E-state index >= 15 is 0 Å². The highest BCUT2D eigenvalue weighted by molar-refractivity contribution is 5.73. The molecule has 9 aliphatic rings. The Bertz CT molecular complexity index is 2280. The molecule has 11 rings (SSSR count). The summed E-state index contributed by atoms with van der Waals surface area (Å²) in [6, 6.07) is 10.1. The fraction of sp³-hybridized carbons (Fsp3) is 0.396. The molecule has 0 bridgehead atoms. The number of fused-ring (bicyclic) bond motifs is 5. The van der Waals surface area contributed by atoms with Gasteiger partial charge in [0.05, 0.1) is 12.1 Å². The normalized spacial score (nSPS) is 29.0. The number of aromatic nitrogens is 1. The van der Waals surface area contributed by atoms with E-state index in [1.54, 1.807) is 22.4 Å². The van der Waals surface area contributed by atoms with Crippen molar-refractivity contribution in [2.45, 2.75) is 115 Å². The summed E-state index contributed by atoms with van der Waals surface area (Å²) in [5, 5.41) is 4.16. The molecule has 56 heavy (non-hydrogen) atoms. The summed E-state index contributed by atoms with van der Waals surface area (Å²) in [5.41, 5.74) is 18.1. The Hall–Kier alpha value is -4.76. The third kappa shape index (κ3) is 6.00. The third-order valence-electron chi connectivity index (χ3n) is 14.5. The van der Waals surface area contributed by atoms with E-state index in [-0.39, 0.29) is 6.04 Å². The first kappa shape index (κ1) is 34.5. The first-order chi connectivity index (χ1) is 27.8. The first-order valence-corrected chi connectivity index (χ1v) is 22.3. The van der Waals surface area contributed by atoms with Crippen LogP contribution in [0.25, 0.3) is 23.4 Å². The standard InChI is InChI=1S/C53H57N3/c1-4-16-36(17-5-1)39-22-14-23-42(32-39)55-48-27-12-10-24-44(48)46-33-40(30-31-50(46)55)43-26-15-29-51-53(43)45-25-11-13-28-49(45)56(51)52-35-41(37-18-6-2-7-19-37)34-47(54-52)38-20-8-3-9-21-38/h2,6,10-11,13-14,16,18,20,22-25,28,30-32,34-35,40,43,45,47,49,54H,1,3-5,7-9,12,15,17,19,21,26-27,29,33H2. The molecule has 2 aliphatic heterocycles. The molecule has 3 heteroatoms. The number of hydrogen-bond donors (Lipinski definition) is 1. The van der Waals surface area contributed by atoms with Crippen LogP contribution in [0.4, 0.5) is 0 Å². The van der Waals surface area contributed by atoms with Gasteiger partial charge >= 0.3 is 0 Å². The molecule has 0 radical (unpaired) electrons. The highest BCUT2D eigenvalue weighted by atomic mass is 15.3. The number of dihydropyridines is 1. The molecular formula is C53H57N3. The smallest absolute Gasteiger partial charge is 0.107 e. The Labute approximate surface area is 334 Å². The Balaban J connectivity index is 0.959. The van der Waals surface area contributed by atoms with Crippen molar-refractivity contribution in [3.63, 3.8) is 0 Å². The lowest BCUT2D eigenvalue weighted by molar-refractivity contribution is 0.323. The van der Waals surface area contributed by atoms with Crippen LogP contribution in [0.1, 0.15) is 118 Å².